The Kier molecular flexibility index (Phi) is 5.38. The lowest BCUT2D eigenvalue weighted by molar-refractivity contribution is -0.122. The summed E-state index contributed by atoms with van der Waals surface area (Å²) in [7, 11) is -3.84. The summed E-state index contributed by atoms with van der Waals surface area (Å²) in [5.41, 5.74) is 6.25. The third-order valence-corrected chi connectivity index (χ3v) is 4.67. The number of likely N-dealkylation sites (N-methyl/N-ethyl adjacent to an activating group) is 1. The van der Waals surface area contributed by atoms with Gasteiger partial charge in [-0.05, 0) is 38.5 Å². The molecular formula is C12H18ClN3O3S. The summed E-state index contributed by atoms with van der Waals surface area (Å²) in [6.07, 6.45) is 0. The molecule has 0 spiro atoms. The first kappa shape index (κ1) is 16.7. The Morgan fingerprint density at radius 3 is 2.60 bits per heavy atom. The number of amides is 1. The third kappa shape index (κ3) is 3.84. The molecule has 0 saturated heterocycles. The third-order valence-electron chi connectivity index (χ3n) is 2.66. The molecule has 0 aliphatic carbocycles. The van der Waals surface area contributed by atoms with Crippen molar-refractivity contribution in [2.45, 2.75) is 31.7 Å². The predicted octanol–water partition coefficient (Wildman–Crippen LogP) is 1.03. The summed E-state index contributed by atoms with van der Waals surface area (Å²) in [6, 6.07) is 1.88. The molecule has 0 saturated carbocycles. The number of aryl methyl sites for hydroxylation is 1. The zero-order chi connectivity index (χ0) is 15.5. The van der Waals surface area contributed by atoms with Gasteiger partial charge in [-0.1, -0.05) is 11.6 Å². The van der Waals surface area contributed by atoms with Crippen LogP contribution < -0.4 is 15.8 Å². The monoisotopic (exact) mass is 319 g/mol. The van der Waals surface area contributed by atoms with E-state index in [1.54, 1.807) is 13.8 Å². The first-order chi connectivity index (χ1) is 9.19. The standard InChI is InChI=1S/C12H18ClN3O3S/c1-4-15-12(17)8(3)16-20(18,19)11-6-10(14)9(13)5-7(11)2/h5-6,8,16H,4,14H2,1-3H3,(H,15,17). The first-order valence-corrected chi connectivity index (χ1v) is 7.90. The minimum atomic E-state index is -3.84. The molecule has 1 unspecified atom stereocenters. The number of carbonyl (C=O) groups is 1. The number of carbonyl (C=O) groups excluding carboxylic acids is 1. The van der Waals surface area contributed by atoms with Crippen LogP contribution in [-0.2, 0) is 14.8 Å². The summed E-state index contributed by atoms with van der Waals surface area (Å²) >= 11 is 5.83. The number of sulfonamides is 1. The van der Waals surface area contributed by atoms with Gasteiger partial charge in [-0.3, -0.25) is 4.79 Å². The molecule has 0 aliphatic rings. The lowest BCUT2D eigenvalue weighted by atomic mass is 10.2. The van der Waals surface area contributed by atoms with Crippen molar-refractivity contribution < 1.29 is 13.2 Å². The normalized spacial score (nSPS) is 13.0. The van der Waals surface area contributed by atoms with Crippen LogP contribution in [0, 0.1) is 6.92 Å². The highest BCUT2D eigenvalue weighted by Gasteiger charge is 2.23. The number of halogens is 1. The van der Waals surface area contributed by atoms with Gasteiger partial charge in [0.25, 0.3) is 0 Å². The van der Waals surface area contributed by atoms with Crippen molar-refractivity contribution in [3.63, 3.8) is 0 Å². The summed E-state index contributed by atoms with van der Waals surface area (Å²) < 4.78 is 26.8. The molecule has 0 bridgehead atoms. The number of benzene rings is 1. The van der Waals surface area contributed by atoms with Crippen LogP contribution in [0.1, 0.15) is 19.4 Å². The zero-order valence-electron chi connectivity index (χ0n) is 11.5. The average Bonchev–Trinajstić information content (AvgIpc) is 2.33. The van der Waals surface area contributed by atoms with Crippen LogP contribution in [-0.4, -0.2) is 26.9 Å². The number of nitrogens with two attached hydrogens (primary N) is 1. The average molecular weight is 320 g/mol. The molecule has 1 atom stereocenters. The Morgan fingerprint density at radius 1 is 1.45 bits per heavy atom. The Hall–Kier alpha value is -1.31. The van der Waals surface area contributed by atoms with Crippen LogP contribution >= 0.6 is 11.6 Å². The van der Waals surface area contributed by atoms with E-state index >= 15 is 0 Å². The van der Waals surface area contributed by atoms with Crippen molar-refractivity contribution in [1.29, 1.82) is 0 Å². The molecule has 1 aromatic rings. The molecule has 0 radical (unpaired) electrons. The number of hydrogen-bond donors (Lipinski definition) is 3. The van der Waals surface area contributed by atoms with Gasteiger partial charge < -0.3 is 11.1 Å². The van der Waals surface area contributed by atoms with Crippen molar-refractivity contribution in [1.82, 2.24) is 10.0 Å². The van der Waals surface area contributed by atoms with E-state index in [1.807, 2.05) is 0 Å². The van der Waals surface area contributed by atoms with Crippen molar-refractivity contribution in [3.05, 3.63) is 22.7 Å². The molecule has 0 aliphatic heterocycles. The molecule has 6 nitrogen and oxygen atoms in total. The van der Waals surface area contributed by atoms with Gasteiger partial charge in [-0.15, -0.1) is 0 Å². The van der Waals surface area contributed by atoms with Crippen LogP contribution in [0.5, 0.6) is 0 Å². The Bertz CT molecular complexity index is 617. The Balaban J connectivity index is 3.06. The van der Waals surface area contributed by atoms with Gasteiger partial charge >= 0.3 is 0 Å². The highest BCUT2D eigenvalue weighted by Crippen LogP contribution is 2.26. The molecule has 0 fully saturated rings. The second-order valence-corrected chi connectivity index (χ2v) is 6.47. The van der Waals surface area contributed by atoms with Crippen molar-refractivity contribution in [2.24, 2.45) is 0 Å². The molecule has 112 valence electrons. The maximum atomic E-state index is 12.2. The number of rotatable bonds is 5. The van der Waals surface area contributed by atoms with Gasteiger partial charge in [0.2, 0.25) is 15.9 Å². The summed E-state index contributed by atoms with van der Waals surface area (Å²) in [4.78, 5) is 11.6. The number of nitrogen functional groups attached to an aromatic ring is 1. The molecule has 0 heterocycles. The molecule has 8 heteroatoms. The van der Waals surface area contributed by atoms with Crippen LogP contribution in [0.15, 0.2) is 17.0 Å². The number of nitrogens with one attached hydrogen (secondary N) is 2. The summed E-state index contributed by atoms with van der Waals surface area (Å²) in [6.45, 7) is 5.26. The van der Waals surface area contributed by atoms with E-state index in [9.17, 15) is 13.2 Å². The van der Waals surface area contributed by atoms with Gasteiger partial charge in [0.1, 0.15) is 0 Å². The summed E-state index contributed by atoms with van der Waals surface area (Å²) in [5.74, 6) is -0.393. The van der Waals surface area contributed by atoms with Crippen LogP contribution in [0.2, 0.25) is 5.02 Å². The van der Waals surface area contributed by atoms with Gasteiger partial charge in [-0.25, -0.2) is 8.42 Å². The minimum Gasteiger partial charge on any atom is -0.397 e. The van der Waals surface area contributed by atoms with Crippen molar-refractivity contribution in [3.8, 4) is 0 Å². The fourth-order valence-electron chi connectivity index (χ4n) is 1.64. The van der Waals surface area contributed by atoms with Gasteiger partial charge in [-0.2, -0.15) is 4.72 Å². The fraction of sp³-hybridized carbons (Fsp3) is 0.417. The number of hydrogen-bond acceptors (Lipinski definition) is 4. The van der Waals surface area contributed by atoms with Gasteiger partial charge in [0, 0.05) is 6.54 Å². The lowest BCUT2D eigenvalue weighted by Gasteiger charge is -2.15. The quantitative estimate of drug-likeness (QED) is 0.706. The van der Waals surface area contributed by atoms with Crippen molar-refractivity contribution in [2.75, 3.05) is 12.3 Å². The SMILES string of the molecule is CCNC(=O)C(C)NS(=O)(=O)c1cc(N)c(Cl)cc1C. The Labute approximate surface area is 123 Å². The van der Waals surface area contributed by atoms with E-state index in [0.717, 1.165) is 0 Å². The second kappa shape index (κ2) is 6.43. The molecular weight excluding hydrogens is 302 g/mol. The van der Waals surface area contributed by atoms with E-state index < -0.39 is 22.0 Å². The van der Waals surface area contributed by atoms with Crippen LogP contribution in [0.25, 0.3) is 0 Å². The predicted molar refractivity (Wildman–Crippen MR) is 79.1 cm³/mol. The smallest absolute Gasteiger partial charge is 0.241 e. The molecule has 4 N–H and O–H groups in total. The zero-order valence-corrected chi connectivity index (χ0v) is 13.1. The fourth-order valence-corrected chi connectivity index (χ4v) is 3.32. The van der Waals surface area contributed by atoms with E-state index in [2.05, 4.69) is 10.0 Å². The topological polar surface area (TPSA) is 101 Å². The maximum absolute atomic E-state index is 12.2. The maximum Gasteiger partial charge on any atom is 0.241 e. The number of anilines is 1. The molecule has 1 amide bonds. The molecule has 20 heavy (non-hydrogen) atoms. The first-order valence-electron chi connectivity index (χ1n) is 6.04. The lowest BCUT2D eigenvalue weighted by Crippen LogP contribution is -2.44. The molecule has 1 aromatic carbocycles. The second-order valence-electron chi connectivity index (χ2n) is 4.38. The van der Waals surface area contributed by atoms with Crippen LogP contribution in [0.3, 0.4) is 0 Å². The largest absolute Gasteiger partial charge is 0.397 e. The van der Waals surface area contributed by atoms with E-state index in [-0.39, 0.29) is 10.6 Å². The Morgan fingerprint density at radius 2 is 2.05 bits per heavy atom. The van der Waals surface area contributed by atoms with E-state index in [0.29, 0.717) is 17.1 Å². The van der Waals surface area contributed by atoms with Crippen molar-refractivity contribution >= 4 is 33.2 Å². The van der Waals surface area contributed by atoms with E-state index in [1.165, 1.54) is 19.1 Å². The van der Waals surface area contributed by atoms with Crippen LogP contribution in [0.4, 0.5) is 5.69 Å². The molecule has 1 rings (SSSR count). The summed E-state index contributed by atoms with van der Waals surface area (Å²) in [5, 5.41) is 2.83. The van der Waals surface area contributed by atoms with E-state index in [4.69, 9.17) is 17.3 Å². The van der Waals surface area contributed by atoms with Gasteiger partial charge in [0.05, 0.1) is 21.6 Å². The minimum absolute atomic E-state index is 0.00977. The molecule has 0 aromatic heterocycles. The highest BCUT2D eigenvalue weighted by molar-refractivity contribution is 7.89. The van der Waals surface area contributed by atoms with Gasteiger partial charge in [0.15, 0.2) is 0 Å². The highest BCUT2D eigenvalue weighted by atomic mass is 35.5.